The van der Waals surface area contributed by atoms with Gasteiger partial charge in [0.15, 0.2) is 11.5 Å². The number of hydrazone groups is 1. The monoisotopic (exact) mass is 428 g/mol. The number of hydrogen-bond donors (Lipinski definition) is 0. The van der Waals surface area contributed by atoms with Crippen LogP contribution in [0.15, 0.2) is 71.8 Å². The highest BCUT2D eigenvalue weighted by molar-refractivity contribution is 6.02. The molecule has 164 valence electrons. The lowest BCUT2D eigenvalue weighted by Gasteiger charge is -2.38. The van der Waals surface area contributed by atoms with E-state index in [0.717, 1.165) is 29.0 Å². The fraction of sp³-hybridized carbons (Fsp3) is 0.296. The molecule has 0 bridgehead atoms. The predicted molar refractivity (Wildman–Crippen MR) is 126 cm³/mol. The maximum Gasteiger partial charge on any atom is 0.213 e. The molecule has 0 spiro atoms. The number of fused-ring (bicyclic) bond motifs is 3. The predicted octanol–water partition coefficient (Wildman–Crippen LogP) is 6.07. The van der Waals surface area contributed by atoms with Crippen molar-refractivity contribution in [2.45, 2.75) is 38.5 Å². The van der Waals surface area contributed by atoms with Gasteiger partial charge >= 0.3 is 0 Å². The van der Waals surface area contributed by atoms with Crippen molar-refractivity contribution in [3.8, 4) is 17.2 Å². The van der Waals surface area contributed by atoms with E-state index in [4.69, 9.17) is 19.3 Å². The van der Waals surface area contributed by atoms with E-state index in [1.54, 1.807) is 14.2 Å². The lowest BCUT2D eigenvalue weighted by atomic mass is 9.95. The van der Waals surface area contributed by atoms with Crippen molar-refractivity contribution in [2.24, 2.45) is 5.10 Å². The van der Waals surface area contributed by atoms with E-state index < -0.39 is 0 Å². The van der Waals surface area contributed by atoms with Gasteiger partial charge in [-0.25, -0.2) is 5.01 Å². The maximum atomic E-state index is 6.47. The molecular formula is C27H28N2O3. The van der Waals surface area contributed by atoms with Gasteiger partial charge in [-0.1, -0.05) is 56.3 Å². The van der Waals surface area contributed by atoms with Gasteiger partial charge in [-0.2, -0.15) is 5.10 Å². The Labute approximate surface area is 189 Å². The SMILES string of the molecule is COc1ccc(C2=NN3[C@@H](C2)c2ccccc2O[C@H]3c2ccc(C(C)C)cc2)cc1OC. The van der Waals surface area contributed by atoms with Crippen molar-refractivity contribution >= 4 is 5.71 Å². The first kappa shape index (κ1) is 20.4. The van der Waals surface area contributed by atoms with Crippen LogP contribution in [0.1, 0.15) is 60.7 Å². The molecular weight excluding hydrogens is 400 g/mol. The molecule has 2 aliphatic heterocycles. The minimum Gasteiger partial charge on any atom is -0.493 e. The van der Waals surface area contributed by atoms with Crippen molar-refractivity contribution in [3.05, 3.63) is 89.0 Å². The Balaban J connectivity index is 1.55. The van der Waals surface area contributed by atoms with Crippen LogP contribution >= 0.6 is 0 Å². The molecule has 2 heterocycles. The summed E-state index contributed by atoms with van der Waals surface area (Å²) in [5.41, 5.74) is 5.63. The molecule has 0 saturated heterocycles. The van der Waals surface area contributed by atoms with Crippen molar-refractivity contribution in [1.82, 2.24) is 5.01 Å². The Morgan fingerprint density at radius 2 is 1.69 bits per heavy atom. The molecule has 2 atom stereocenters. The Kier molecular flexibility index (Phi) is 5.25. The van der Waals surface area contributed by atoms with E-state index in [9.17, 15) is 0 Å². The summed E-state index contributed by atoms with van der Waals surface area (Å²) in [6.45, 7) is 4.41. The van der Waals surface area contributed by atoms with Crippen LogP contribution in [-0.4, -0.2) is 24.9 Å². The molecule has 0 amide bonds. The quantitative estimate of drug-likeness (QED) is 0.495. The van der Waals surface area contributed by atoms with Crippen LogP contribution in [0, 0.1) is 0 Å². The molecule has 3 aromatic carbocycles. The van der Waals surface area contributed by atoms with Crippen LogP contribution in [0.2, 0.25) is 0 Å². The number of ether oxygens (including phenoxy) is 3. The zero-order chi connectivity index (χ0) is 22.2. The minimum atomic E-state index is -0.270. The highest BCUT2D eigenvalue weighted by atomic mass is 16.5. The average molecular weight is 429 g/mol. The van der Waals surface area contributed by atoms with Crippen LogP contribution in [0.3, 0.4) is 0 Å². The molecule has 0 aliphatic carbocycles. The maximum absolute atomic E-state index is 6.47. The molecule has 32 heavy (non-hydrogen) atoms. The van der Waals surface area contributed by atoms with Gasteiger partial charge in [0, 0.05) is 23.1 Å². The van der Waals surface area contributed by atoms with E-state index in [1.807, 2.05) is 24.3 Å². The van der Waals surface area contributed by atoms with Crippen LogP contribution in [0.4, 0.5) is 0 Å². The van der Waals surface area contributed by atoms with Gasteiger partial charge in [0.05, 0.1) is 26.0 Å². The third-order valence-corrected chi connectivity index (χ3v) is 6.30. The van der Waals surface area contributed by atoms with Gasteiger partial charge in [-0.3, -0.25) is 0 Å². The van der Waals surface area contributed by atoms with E-state index in [0.29, 0.717) is 17.4 Å². The van der Waals surface area contributed by atoms with E-state index >= 15 is 0 Å². The van der Waals surface area contributed by atoms with E-state index in [2.05, 4.69) is 61.3 Å². The number of para-hydroxylation sites is 1. The Bertz CT molecular complexity index is 1150. The highest BCUT2D eigenvalue weighted by Gasteiger charge is 2.40. The van der Waals surface area contributed by atoms with Crippen LogP contribution in [0.5, 0.6) is 17.2 Å². The molecule has 0 saturated carbocycles. The Morgan fingerprint density at radius 1 is 0.938 bits per heavy atom. The molecule has 0 N–H and O–H groups in total. The first-order valence-corrected chi connectivity index (χ1v) is 11.0. The lowest BCUT2D eigenvalue weighted by Crippen LogP contribution is -2.33. The highest BCUT2D eigenvalue weighted by Crippen LogP contribution is 2.47. The summed E-state index contributed by atoms with van der Waals surface area (Å²) < 4.78 is 17.4. The summed E-state index contributed by atoms with van der Waals surface area (Å²) in [7, 11) is 3.30. The van der Waals surface area contributed by atoms with Gasteiger partial charge < -0.3 is 14.2 Å². The zero-order valence-electron chi connectivity index (χ0n) is 18.9. The largest absolute Gasteiger partial charge is 0.493 e. The van der Waals surface area contributed by atoms with Gasteiger partial charge in [0.1, 0.15) is 5.75 Å². The fourth-order valence-electron chi connectivity index (χ4n) is 4.49. The number of rotatable bonds is 5. The van der Waals surface area contributed by atoms with Crippen LogP contribution in [0.25, 0.3) is 0 Å². The molecule has 0 fully saturated rings. The number of benzene rings is 3. The zero-order valence-corrected chi connectivity index (χ0v) is 18.9. The second-order valence-corrected chi connectivity index (χ2v) is 8.55. The Morgan fingerprint density at radius 3 is 2.41 bits per heavy atom. The summed E-state index contributed by atoms with van der Waals surface area (Å²) in [5.74, 6) is 2.83. The molecule has 5 rings (SSSR count). The van der Waals surface area contributed by atoms with Crippen molar-refractivity contribution < 1.29 is 14.2 Å². The summed E-state index contributed by atoms with van der Waals surface area (Å²) in [5, 5.41) is 7.16. The Hall–Kier alpha value is -3.47. The fourth-order valence-corrected chi connectivity index (χ4v) is 4.49. The van der Waals surface area contributed by atoms with Gasteiger partial charge in [-0.05, 0) is 35.7 Å². The lowest BCUT2D eigenvalue weighted by molar-refractivity contribution is -0.0190. The normalized spacial score (nSPS) is 19.2. The third kappa shape index (κ3) is 3.48. The number of hydrogen-bond acceptors (Lipinski definition) is 5. The second kappa shape index (κ2) is 8.23. The van der Waals surface area contributed by atoms with Gasteiger partial charge in [0.25, 0.3) is 0 Å². The first-order chi connectivity index (χ1) is 15.6. The first-order valence-electron chi connectivity index (χ1n) is 11.0. The second-order valence-electron chi connectivity index (χ2n) is 8.55. The minimum absolute atomic E-state index is 0.123. The molecule has 5 heteroatoms. The van der Waals surface area contributed by atoms with Crippen molar-refractivity contribution in [1.29, 1.82) is 0 Å². The average Bonchev–Trinajstić information content (AvgIpc) is 3.29. The van der Waals surface area contributed by atoms with Crippen molar-refractivity contribution in [2.75, 3.05) is 14.2 Å². The topological polar surface area (TPSA) is 43.3 Å². The number of methoxy groups -OCH3 is 2. The third-order valence-electron chi connectivity index (χ3n) is 6.30. The standard InChI is InChI=1S/C27H28N2O3/c1-17(2)18-9-11-19(12-10-18)27-29-23(21-7-5-6-8-24(21)32-27)16-22(28-29)20-13-14-25(30-3)26(15-20)31-4/h5-15,17,23,27H,16H2,1-4H3/t23-,27-/m0/s1. The summed E-state index contributed by atoms with van der Waals surface area (Å²) in [6, 6.07) is 23.1. The van der Waals surface area contributed by atoms with E-state index in [-0.39, 0.29) is 12.3 Å². The molecule has 3 aromatic rings. The van der Waals surface area contributed by atoms with Crippen LogP contribution < -0.4 is 14.2 Å². The smallest absolute Gasteiger partial charge is 0.213 e. The summed E-state index contributed by atoms with van der Waals surface area (Å²) in [4.78, 5) is 0. The summed E-state index contributed by atoms with van der Waals surface area (Å²) >= 11 is 0. The number of nitrogens with zero attached hydrogens (tertiary/aromatic N) is 2. The van der Waals surface area contributed by atoms with Gasteiger partial charge in [0.2, 0.25) is 6.23 Å². The summed E-state index contributed by atoms with van der Waals surface area (Å²) in [6.07, 6.45) is 0.532. The molecule has 0 aromatic heterocycles. The molecule has 2 aliphatic rings. The van der Waals surface area contributed by atoms with E-state index in [1.165, 1.54) is 11.1 Å². The molecule has 0 unspecified atom stereocenters. The van der Waals surface area contributed by atoms with Crippen molar-refractivity contribution in [3.63, 3.8) is 0 Å². The molecule has 0 radical (unpaired) electrons. The molecule has 5 nitrogen and oxygen atoms in total. The van der Waals surface area contributed by atoms with Gasteiger partial charge in [-0.15, -0.1) is 0 Å². The van der Waals surface area contributed by atoms with Crippen LogP contribution in [-0.2, 0) is 0 Å².